The Kier molecular flexibility index (Phi) is 5.19. The molecule has 0 atom stereocenters. The van der Waals surface area contributed by atoms with Crippen LogP contribution in [0.3, 0.4) is 0 Å². The summed E-state index contributed by atoms with van der Waals surface area (Å²) >= 11 is 1.36. The number of hydrogen-bond donors (Lipinski definition) is 1. The molecule has 27 heavy (non-hydrogen) atoms. The SMILES string of the molecule is COc1ccc(-n2nnc3c(SCC(=O)NC4CCCC4)ncnc32)cc1. The second-order valence-electron chi connectivity index (χ2n) is 6.39. The Hall–Kier alpha value is -2.68. The Morgan fingerprint density at radius 1 is 1.26 bits per heavy atom. The van der Waals surface area contributed by atoms with Gasteiger partial charge in [-0.25, -0.2) is 9.97 Å². The van der Waals surface area contributed by atoms with E-state index in [1.54, 1.807) is 11.8 Å². The second kappa shape index (κ2) is 7.91. The molecule has 0 spiro atoms. The first-order chi connectivity index (χ1) is 13.2. The molecule has 1 saturated carbocycles. The molecule has 4 rings (SSSR count). The van der Waals surface area contributed by atoms with E-state index >= 15 is 0 Å². The van der Waals surface area contributed by atoms with Crippen molar-refractivity contribution in [3.05, 3.63) is 30.6 Å². The number of hydrogen-bond acceptors (Lipinski definition) is 7. The van der Waals surface area contributed by atoms with Crippen LogP contribution in [0, 0.1) is 0 Å². The van der Waals surface area contributed by atoms with Crippen LogP contribution in [0.1, 0.15) is 25.7 Å². The minimum absolute atomic E-state index is 0.0289. The third kappa shape index (κ3) is 3.87. The van der Waals surface area contributed by atoms with E-state index in [1.807, 2.05) is 24.3 Å². The van der Waals surface area contributed by atoms with Crippen LogP contribution in [0.25, 0.3) is 16.9 Å². The summed E-state index contributed by atoms with van der Waals surface area (Å²) in [7, 11) is 1.62. The normalized spacial score (nSPS) is 14.6. The molecule has 1 aromatic carbocycles. The van der Waals surface area contributed by atoms with Gasteiger partial charge in [-0.1, -0.05) is 29.8 Å². The number of aromatic nitrogens is 5. The first-order valence-electron chi connectivity index (χ1n) is 8.87. The highest BCUT2D eigenvalue weighted by atomic mass is 32.2. The van der Waals surface area contributed by atoms with Gasteiger partial charge in [-0.05, 0) is 37.1 Å². The van der Waals surface area contributed by atoms with Gasteiger partial charge < -0.3 is 10.1 Å². The number of fused-ring (bicyclic) bond motifs is 1. The van der Waals surface area contributed by atoms with Crippen molar-refractivity contribution in [3.63, 3.8) is 0 Å². The number of benzene rings is 1. The average Bonchev–Trinajstić information content (AvgIpc) is 3.36. The van der Waals surface area contributed by atoms with E-state index < -0.39 is 0 Å². The molecule has 1 aliphatic carbocycles. The summed E-state index contributed by atoms with van der Waals surface area (Å²) in [4.78, 5) is 20.8. The zero-order chi connectivity index (χ0) is 18.6. The van der Waals surface area contributed by atoms with Crippen molar-refractivity contribution < 1.29 is 9.53 Å². The molecule has 0 unspecified atom stereocenters. The molecule has 0 saturated heterocycles. The summed E-state index contributed by atoms with van der Waals surface area (Å²) in [6, 6.07) is 7.80. The van der Waals surface area contributed by atoms with Gasteiger partial charge in [0.2, 0.25) is 5.91 Å². The standard InChI is InChI=1S/C18H20N6O2S/c1-26-14-8-6-13(7-9-14)24-17-16(22-23-24)18(20-11-19-17)27-10-15(25)21-12-4-2-3-5-12/h6-9,11-12H,2-5,10H2,1H3,(H,21,25). The summed E-state index contributed by atoms with van der Waals surface area (Å²) in [5.41, 5.74) is 2.02. The van der Waals surface area contributed by atoms with E-state index in [4.69, 9.17) is 4.74 Å². The van der Waals surface area contributed by atoms with Gasteiger partial charge in [0.05, 0.1) is 18.6 Å². The number of nitrogens with one attached hydrogen (secondary N) is 1. The minimum Gasteiger partial charge on any atom is -0.497 e. The number of thioether (sulfide) groups is 1. The van der Waals surface area contributed by atoms with E-state index in [2.05, 4.69) is 25.6 Å². The molecule has 0 aliphatic heterocycles. The Bertz CT molecular complexity index is 937. The van der Waals surface area contributed by atoms with Crippen LogP contribution in [0.15, 0.2) is 35.6 Å². The van der Waals surface area contributed by atoms with E-state index in [-0.39, 0.29) is 5.91 Å². The average molecular weight is 384 g/mol. The number of methoxy groups -OCH3 is 1. The number of carbonyl (C=O) groups is 1. The van der Waals surface area contributed by atoms with Gasteiger partial charge in [0, 0.05) is 6.04 Å². The highest BCUT2D eigenvalue weighted by molar-refractivity contribution is 8.00. The smallest absolute Gasteiger partial charge is 0.230 e. The number of ether oxygens (including phenoxy) is 1. The Morgan fingerprint density at radius 3 is 2.78 bits per heavy atom. The Morgan fingerprint density at radius 2 is 2.04 bits per heavy atom. The summed E-state index contributed by atoms with van der Waals surface area (Å²) in [5, 5.41) is 12.2. The minimum atomic E-state index is 0.0289. The van der Waals surface area contributed by atoms with Crippen molar-refractivity contribution in [2.24, 2.45) is 0 Å². The van der Waals surface area contributed by atoms with E-state index in [0.717, 1.165) is 24.3 Å². The van der Waals surface area contributed by atoms with Crippen LogP contribution < -0.4 is 10.1 Å². The van der Waals surface area contributed by atoms with E-state index in [1.165, 1.54) is 30.9 Å². The lowest BCUT2D eigenvalue weighted by atomic mass is 10.2. The topological polar surface area (TPSA) is 94.8 Å². The molecular weight excluding hydrogens is 364 g/mol. The maximum atomic E-state index is 12.2. The quantitative estimate of drug-likeness (QED) is 0.515. The summed E-state index contributed by atoms with van der Waals surface area (Å²) < 4.78 is 6.83. The maximum Gasteiger partial charge on any atom is 0.230 e. The maximum absolute atomic E-state index is 12.2. The Balaban J connectivity index is 1.50. The van der Waals surface area contributed by atoms with Gasteiger partial charge in [0.1, 0.15) is 17.1 Å². The number of amides is 1. The molecule has 3 aromatic rings. The van der Waals surface area contributed by atoms with Crippen molar-refractivity contribution in [3.8, 4) is 11.4 Å². The molecule has 2 aromatic heterocycles. The van der Waals surface area contributed by atoms with Crippen LogP contribution in [0.4, 0.5) is 0 Å². The third-order valence-electron chi connectivity index (χ3n) is 4.58. The Labute approximate surface area is 160 Å². The highest BCUT2D eigenvalue weighted by Gasteiger charge is 2.18. The van der Waals surface area contributed by atoms with E-state index in [0.29, 0.717) is 28.0 Å². The monoisotopic (exact) mass is 384 g/mol. The molecule has 0 radical (unpaired) electrons. The number of carbonyl (C=O) groups excluding carboxylic acids is 1. The summed E-state index contributed by atoms with van der Waals surface area (Å²) in [5.74, 6) is 1.10. The molecule has 1 fully saturated rings. The van der Waals surface area contributed by atoms with Crippen molar-refractivity contribution >= 4 is 28.8 Å². The molecule has 1 amide bonds. The van der Waals surface area contributed by atoms with Gasteiger partial charge in [0.25, 0.3) is 0 Å². The molecule has 2 heterocycles. The fraction of sp³-hybridized carbons (Fsp3) is 0.389. The van der Waals surface area contributed by atoms with Gasteiger partial charge in [-0.3, -0.25) is 4.79 Å². The van der Waals surface area contributed by atoms with Gasteiger partial charge in [0.15, 0.2) is 11.2 Å². The van der Waals surface area contributed by atoms with Crippen molar-refractivity contribution in [1.82, 2.24) is 30.3 Å². The second-order valence-corrected chi connectivity index (χ2v) is 7.35. The van der Waals surface area contributed by atoms with Crippen LogP contribution in [-0.4, -0.2) is 49.8 Å². The lowest BCUT2D eigenvalue weighted by Gasteiger charge is -2.11. The predicted octanol–water partition coefficient (Wildman–Crippen LogP) is 2.37. The lowest BCUT2D eigenvalue weighted by Crippen LogP contribution is -2.33. The molecule has 9 heteroatoms. The van der Waals surface area contributed by atoms with Crippen LogP contribution >= 0.6 is 11.8 Å². The molecular formula is C18H20N6O2S. The largest absolute Gasteiger partial charge is 0.497 e. The fourth-order valence-electron chi connectivity index (χ4n) is 3.20. The van der Waals surface area contributed by atoms with Crippen LogP contribution in [0.2, 0.25) is 0 Å². The lowest BCUT2D eigenvalue weighted by molar-refractivity contribution is -0.119. The van der Waals surface area contributed by atoms with Crippen molar-refractivity contribution in [2.45, 2.75) is 36.8 Å². The van der Waals surface area contributed by atoms with Gasteiger partial charge >= 0.3 is 0 Å². The number of nitrogens with zero attached hydrogens (tertiary/aromatic N) is 5. The van der Waals surface area contributed by atoms with Crippen LogP contribution in [0.5, 0.6) is 5.75 Å². The van der Waals surface area contributed by atoms with Crippen molar-refractivity contribution in [2.75, 3.05) is 12.9 Å². The molecule has 1 aliphatic rings. The molecule has 8 nitrogen and oxygen atoms in total. The molecule has 140 valence electrons. The third-order valence-corrected chi connectivity index (χ3v) is 5.56. The van der Waals surface area contributed by atoms with Crippen LogP contribution in [-0.2, 0) is 4.79 Å². The van der Waals surface area contributed by atoms with Crippen molar-refractivity contribution in [1.29, 1.82) is 0 Å². The van der Waals surface area contributed by atoms with Gasteiger partial charge in [-0.2, -0.15) is 4.68 Å². The fourth-order valence-corrected chi connectivity index (χ4v) is 3.95. The van der Waals surface area contributed by atoms with Gasteiger partial charge in [-0.15, -0.1) is 5.10 Å². The summed E-state index contributed by atoms with van der Waals surface area (Å²) in [6.45, 7) is 0. The zero-order valence-corrected chi connectivity index (χ0v) is 15.8. The first kappa shape index (κ1) is 17.7. The highest BCUT2D eigenvalue weighted by Crippen LogP contribution is 2.25. The van der Waals surface area contributed by atoms with E-state index in [9.17, 15) is 4.79 Å². The first-order valence-corrected chi connectivity index (χ1v) is 9.86. The molecule has 1 N–H and O–H groups in total. The number of rotatable bonds is 6. The zero-order valence-electron chi connectivity index (χ0n) is 15.0. The predicted molar refractivity (Wildman–Crippen MR) is 102 cm³/mol. The summed E-state index contributed by atoms with van der Waals surface area (Å²) in [6.07, 6.45) is 6.01. The molecule has 0 bridgehead atoms.